The number of rotatable bonds is 4. The van der Waals surface area contributed by atoms with E-state index in [0.717, 1.165) is 11.1 Å². The van der Waals surface area contributed by atoms with Gasteiger partial charge in [0, 0.05) is 6.08 Å². The van der Waals surface area contributed by atoms with Crippen molar-refractivity contribution < 1.29 is 9.53 Å². The molecular formula is C17H16O2. The highest BCUT2D eigenvalue weighted by atomic mass is 16.5. The number of carbonyl (C=O) groups excluding carboxylic acids is 1. The van der Waals surface area contributed by atoms with Gasteiger partial charge in [-0.25, -0.2) is 4.79 Å². The summed E-state index contributed by atoms with van der Waals surface area (Å²) < 4.78 is 5.54. The predicted molar refractivity (Wildman–Crippen MR) is 75.6 cm³/mol. The van der Waals surface area contributed by atoms with Crippen molar-refractivity contribution in [1.82, 2.24) is 0 Å². The molecule has 0 aromatic heterocycles. The molecule has 2 nitrogen and oxygen atoms in total. The third kappa shape index (κ3) is 3.55. The fourth-order valence-corrected chi connectivity index (χ4v) is 1.88. The van der Waals surface area contributed by atoms with Crippen molar-refractivity contribution in [3.8, 4) is 0 Å². The fraction of sp³-hybridized carbons (Fsp3) is 0.118. The van der Waals surface area contributed by atoms with Gasteiger partial charge < -0.3 is 4.74 Å². The van der Waals surface area contributed by atoms with Gasteiger partial charge >= 0.3 is 5.97 Å². The summed E-state index contributed by atoms with van der Waals surface area (Å²) in [6.07, 6.45) is 2.74. The van der Waals surface area contributed by atoms with Crippen molar-refractivity contribution in [3.05, 3.63) is 83.9 Å². The molecule has 0 heterocycles. The van der Waals surface area contributed by atoms with E-state index in [1.54, 1.807) is 13.0 Å². The average molecular weight is 252 g/mol. The lowest BCUT2D eigenvalue weighted by atomic mass is 10.0. The van der Waals surface area contributed by atoms with Crippen molar-refractivity contribution in [2.75, 3.05) is 0 Å². The third-order valence-corrected chi connectivity index (χ3v) is 2.74. The topological polar surface area (TPSA) is 26.3 Å². The molecule has 2 aromatic rings. The number of carbonyl (C=O) groups is 1. The zero-order valence-electron chi connectivity index (χ0n) is 10.8. The molecule has 0 N–H and O–H groups in total. The van der Waals surface area contributed by atoms with Crippen LogP contribution >= 0.6 is 0 Å². The maximum absolute atomic E-state index is 11.7. The van der Waals surface area contributed by atoms with Crippen molar-refractivity contribution in [2.45, 2.75) is 13.0 Å². The molecule has 2 aromatic carbocycles. The average Bonchev–Trinajstić information content (AvgIpc) is 2.47. The van der Waals surface area contributed by atoms with Crippen LogP contribution in [-0.2, 0) is 9.53 Å². The van der Waals surface area contributed by atoms with Crippen molar-refractivity contribution in [3.63, 3.8) is 0 Å². The minimum atomic E-state index is -0.369. The van der Waals surface area contributed by atoms with Gasteiger partial charge in [0.2, 0.25) is 0 Å². The summed E-state index contributed by atoms with van der Waals surface area (Å²) in [5.41, 5.74) is 1.93. The van der Waals surface area contributed by atoms with E-state index in [1.807, 2.05) is 60.7 Å². The normalized spacial score (nSPS) is 10.8. The summed E-state index contributed by atoms with van der Waals surface area (Å²) >= 11 is 0. The Morgan fingerprint density at radius 3 is 1.84 bits per heavy atom. The first-order chi connectivity index (χ1) is 9.31. The van der Waals surface area contributed by atoms with Crippen LogP contribution in [0.15, 0.2) is 72.8 Å². The van der Waals surface area contributed by atoms with Gasteiger partial charge in [0.1, 0.15) is 0 Å². The van der Waals surface area contributed by atoms with Crippen LogP contribution in [0.25, 0.3) is 0 Å². The van der Waals surface area contributed by atoms with E-state index in [-0.39, 0.29) is 12.1 Å². The first-order valence-corrected chi connectivity index (χ1v) is 6.24. The van der Waals surface area contributed by atoms with E-state index in [1.165, 1.54) is 6.08 Å². The molecule has 0 atom stereocenters. The molecule has 0 radical (unpaired) electrons. The van der Waals surface area contributed by atoms with Crippen molar-refractivity contribution >= 4 is 5.97 Å². The Balaban J connectivity index is 2.32. The zero-order valence-corrected chi connectivity index (χ0v) is 10.8. The maximum Gasteiger partial charge on any atom is 0.331 e. The molecule has 0 bridgehead atoms. The van der Waals surface area contributed by atoms with Gasteiger partial charge in [-0.3, -0.25) is 0 Å². The van der Waals surface area contributed by atoms with Crippen LogP contribution in [0.1, 0.15) is 24.2 Å². The fourth-order valence-electron chi connectivity index (χ4n) is 1.88. The molecule has 19 heavy (non-hydrogen) atoms. The molecule has 0 amide bonds. The summed E-state index contributed by atoms with van der Waals surface area (Å²) in [4.78, 5) is 11.7. The van der Waals surface area contributed by atoms with Crippen LogP contribution in [0.2, 0.25) is 0 Å². The Morgan fingerprint density at radius 1 is 0.947 bits per heavy atom. The summed E-state index contributed by atoms with van der Waals surface area (Å²) in [5.74, 6) is -0.333. The number of hydrogen-bond donors (Lipinski definition) is 0. The molecular weight excluding hydrogens is 236 g/mol. The smallest absolute Gasteiger partial charge is 0.331 e. The third-order valence-electron chi connectivity index (χ3n) is 2.74. The lowest BCUT2D eigenvalue weighted by Gasteiger charge is -2.17. The van der Waals surface area contributed by atoms with Crippen LogP contribution in [0.5, 0.6) is 0 Å². The van der Waals surface area contributed by atoms with Gasteiger partial charge in [-0.15, -0.1) is 0 Å². The lowest BCUT2D eigenvalue weighted by molar-refractivity contribution is -0.141. The molecule has 0 spiro atoms. The number of benzene rings is 2. The van der Waals surface area contributed by atoms with Crippen LogP contribution in [0.3, 0.4) is 0 Å². The minimum Gasteiger partial charge on any atom is -0.449 e. The lowest BCUT2D eigenvalue weighted by Crippen LogP contribution is -2.10. The van der Waals surface area contributed by atoms with Gasteiger partial charge in [-0.05, 0) is 18.1 Å². The molecule has 2 rings (SSSR count). The number of hydrogen-bond acceptors (Lipinski definition) is 2. The number of allylic oxidation sites excluding steroid dienone is 1. The van der Waals surface area contributed by atoms with Crippen LogP contribution in [0, 0.1) is 0 Å². The quantitative estimate of drug-likeness (QED) is 0.609. The van der Waals surface area contributed by atoms with Crippen LogP contribution in [0.4, 0.5) is 0 Å². The van der Waals surface area contributed by atoms with Gasteiger partial charge in [0.05, 0.1) is 0 Å². The van der Waals surface area contributed by atoms with Gasteiger partial charge in [0.15, 0.2) is 6.10 Å². The predicted octanol–water partition coefficient (Wildman–Crippen LogP) is 3.90. The Kier molecular flexibility index (Phi) is 4.51. The molecule has 0 aliphatic heterocycles. The number of esters is 1. The van der Waals surface area contributed by atoms with Gasteiger partial charge in [-0.2, -0.15) is 0 Å². The molecule has 0 aliphatic carbocycles. The summed E-state index contributed by atoms with van der Waals surface area (Å²) in [6.45, 7) is 1.79. The molecule has 2 heteroatoms. The Hall–Kier alpha value is -2.35. The van der Waals surface area contributed by atoms with Crippen molar-refractivity contribution in [2.24, 2.45) is 0 Å². The summed E-state index contributed by atoms with van der Waals surface area (Å²) in [5, 5.41) is 0. The maximum atomic E-state index is 11.7. The van der Waals surface area contributed by atoms with E-state index in [0.29, 0.717) is 0 Å². The largest absolute Gasteiger partial charge is 0.449 e. The Bertz CT molecular complexity index is 504. The molecule has 0 saturated carbocycles. The van der Waals surface area contributed by atoms with Crippen molar-refractivity contribution in [1.29, 1.82) is 0 Å². The first kappa shape index (κ1) is 13.1. The Labute approximate surface area is 113 Å². The SMILES string of the molecule is C/C=C/C(=O)OC(c1ccccc1)c1ccccc1. The van der Waals surface area contributed by atoms with Gasteiger partial charge in [0.25, 0.3) is 0 Å². The monoisotopic (exact) mass is 252 g/mol. The molecule has 0 aliphatic rings. The second-order valence-corrected chi connectivity index (χ2v) is 4.14. The van der Waals surface area contributed by atoms with E-state index < -0.39 is 0 Å². The van der Waals surface area contributed by atoms with Crippen LogP contribution in [-0.4, -0.2) is 5.97 Å². The molecule has 0 unspecified atom stereocenters. The molecule has 96 valence electrons. The number of ether oxygens (including phenoxy) is 1. The summed E-state index contributed by atoms with van der Waals surface area (Å²) in [6, 6.07) is 19.5. The van der Waals surface area contributed by atoms with E-state index in [4.69, 9.17) is 4.74 Å². The van der Waals surface area contributed by atoms with Crippen LogP contribution < -0.4 is 0 Å². The highest BCUT2D eigenvalue weighted by Crippen LogP contribution is 2.25. The van der Waals surface area contributed by atoms with Gasteiger partial charge in [-0.1, -0.05) is 66.7 Å². The second-order valence-electron chi connectivity index (χ2n) is 4.14. The highest BCUT2D eigenvalue weighted by Gasteiger charge is 2.17. The minimum absolute atomic E-state index is 0.333. The Morgan fingerprint density at radius 2 is 1.42 bits per heavy atom. The van der Waals surface area contributed by atoms with E-state index in [9.17, 15) is 4.79 Å². The first-order valence-electron chi connectivity index (χ1n) is 6.24. The second kappa shape index (κ2) is 6.55. The highest BCUT2D eigenvalue weighted by molar-refractivity contribution is 5.82. The zero-order chi connectivity index (χ0) is 13.5. The van der Waals surface area contributed by atoms with E-state index >= 15 is 0 Å². The van der Waals surface area contributed by atoms with E-state index in [2.05, 4.69) is 0 Å². The molecule has 0 saturated heterocycles. The standard InChI is InChI=1S/C17H16O2/c1-2-9-16(18)19-17(14-10-5-3-6-11-14)15-12-7-4-8-13-15/h2-13,17H,1H3/b9-2+. The molecule has 0 fully saturated rings. The summed E-state index contributed by atoms with van der Waals surface area (Å²) in [7, 11) is 0.